The Hall–Kier alpha value is -1.82. The van der Waals surface area contributed by atoms with Gasteiger partial charge in [-0.15, -0.1) is 0 Å². The third-order valence-electron chi connectivity index (χ3n) is 2.70. The summed E-state index contributed by atoms with van der Waals surface area (Å²) in [4.78, 5) is 0. The highest BCUT2D eigenvalue weighted by Gasteiger charge is 2.16. The van der Waals surface area contributed by atoms with Crippen molar-refractivity contribution < 1.29 is 19.5 Å². The van der Waals surface area contributed by atoms with Gasteiger partial charge in [-0.2, -0.15) is 0 Å². The average molecular weight is 272 g/mol. The maximum Gasteiger partial charge on any atom is 0.491 e. The lowest BCUT2D eigenvalue weighted by molar-refractivity contribution is 0.216. The van der Waals surface area contributed by atoms with Gasteiger partial charge in [-0.1, -0.05) is 30.3 Å². The van der Waals surface area contributed by atoms with Crippen LogP contribution in [0.4, 0.5) is 0 Å². The van der Waals surface area contributed by atoms with Gasteiger partial charge in [0.1, 0.15) is 11.5 Å². The summed E-state index contributed by atoms with van der Waals surface area (Å²) >= 11 is 0. The number of aliphatic hydroxyl groups excluding tert-OH is 1. The number of rotatable bonds is 7. The Balaban J connectivity index is 2.00. The Kier molecular flexibility index (Phi) is 5.61. The largest absolute Gasteiger partial charge is 0.491 e. The highest BCUT2D eigenvalue weighted by Crippen LogP contribution is 2.19. The first-order valence-electron chi connectivity index (χ1n) is 6.53. The summed E-state index contributed by atoms with van der Waals surface area (Å²) in [7, 11) is -1.01. The molecular formula is C15H17BO4. The number of aliphatic hydroxyl groups is 1. The Morgan fingerprint density at radius 2 is 1.70 bits per heavy atom. The Morgan fingerprint density at radius 1 is 0.950 bits per heavy atom. The molecule has 5 heteroatoms. The molecule has 0 spiro atoms. The molecule has 2 rings (SSSR count). The molecular weight excluding hydrogens is 255 g/mol. The molecule has 0 saturated heterocycles. The molecule has 2 aromatic rings. The van der Waals surface area contributed by atoms with Crippen LogP contribution in [0.3, 0.4) is 0 Å². The van der Waals surface area contributed by atoms with E-state index in [4.69, 9.17) is 14.5 Å². The molecule has 0 aliphatic carbocycles. The first-order chi connectivity index (χ1) is 9.79. The van der Waals surface area contributed by atoms with Crippen LogP contribution in [0.25, 0.3) is 0 Å². The molecule has 0 fully saturated rings. The van der Waals surface area contributed by atoms with E-state index in [0.29, 0.717) is 24.2 Å². The van der Waals surface area contributed by atoms with E-state index in [2.05, 4.69) is 0 Å². The van der Waals surface area contributed by atoms with Gasteiger partial charge in [0.15, 0.2) is 0 Å². The summed E-state index contributed by atoms with van der Waals surface area (Å²) < 4.78 is 10.9. The number of para-hydroxylation sites is 1. The molecule has 0 amide bonds. The Bertz CT molecular complexity index is 518. The van der Waals surface area contributed by atoms with Gasteiger partial charge in [-0.3, -0.25) is 0 Å². The van der Waals surface area contributed by atoms with Crippen molar-refractivity contribution >= 4 is 12.6 Å². The van der Waals surface area contributed by atoms with E-state index >= 15 is 0 Å². The molecule has 0 radical (unpaired) electrons. The smallest absolute Gasteiger partial charge is 0.457 e. The zero-order chi connectivity index (χ0) is 14.2. The molecule has 104 valence electrons. The second-order valence-corrected chi connectivity index (χ2v) is 4.29. The third kappa shape index (κ3) is 4.38. The molecule has 2 N–H and O–H groups in total. The van der Waals surface area contributed by atoms with Gasteiger partial charge in [0, 0.05) is 13.2 Å². The second kappa shape index (κ2) is 7.70. The number of ether oxygens (including phenoxy) is 1. The molecule has 0 aliphatic heterocycles. The van der Waals surface area contributed by atoms with E-state index in [1.165, 1.54) is 0 Å². The van der Waals surface area contributed by atoms with Crippen LogP contribution in [-0.4, -0.2) is 30.5 Å². The van der Waals surface area contributed by atoms with Crippen LogP contribution in [-0.2, 0) is 4.65 Å². The zero-order valence-electron chi connectivity index (χ0n) is 11.1. The first-order valence-corrected chi connectivity index (χ1v) is 6.53. The Labute approximate surface area is 118 Å². The minimum absolute atomic E-state index is 0.0455. The predicted molar refractivity (Wildman–Crippen MR) is 78.2 cm³/mol. The minimum atomic E-state index is -1.01. The third-order valence-corrected chi connectivity index (χ3v) is 2.70. The van der Waals surface area contributed by atoms with Gasteiger partial charge in [-0.05, 0) is 36.1 Å². The standard InChI is InChI=1S/C15H17BO4/c17-10-5-11-19-16(18)13-6-4-9-15(12-13)20-14-7-2-1-3-8-14/h1-4,6-9,12,17-18H,5,10-11H2. The highest BCUT2D eigenvalue weighted by atomic mass is 16.5. The van der Waals surface area contributed by atoms with Crippen LogP contribution in [0, 0.1) is 0 Å². The molecule has 0 bridgehead atoms. The first kappa shape index (κ1) is 14.6. The maximum atomic E-state index is 9.88. The molecule has 0 heterocycles. The van der Waals surface area contributed by atoms with Gasteiger partial charge < -0.3 is 19.5 Å². The van der Waals surface area contributed by atoms with Gasteiger partial charge in [0.05, 0.1) is 0 Å². The lowest BCUT2D eigenvalue weighted by atomic mass is 9.79. The highest BCUT2D eigenvalue weighted by molar-refractivity contribution is 6.60. The van der Waals surface area contributed by atoms with E-state index in [0.717, 1.165) is 5.75 Å². The summed E-state index contributed by atoms with van der Waals surface area (Å²) in [5, 5.41) is 18.6. The van der Waals surface area contributed by atoms with Gasteiger partial charge in [-0.25, -0.2) is 0 Å². The van der Waals surface area contributed by atoms with E-state index < -0.39 is 7.12 Å². The molecule has 0 aromatic heterocycles. The molecule has 2 aromatic carbocycles. The van der Waals surface area contributed by atoms with Gasteiger partial charge in [0.25, 0.3) is 0 Å². The van der Waals surface area contributed by atoms with Crippen LogP contribution in [0.1, 0.15) is 6.42 Å². The summed E-state index contributed by atoms with van der Waals surface area (Å²) in [6.07, 6.45) is 0.497. The fraction of sp³-hybridized carbons (Fsp3) is 0.200. The van der Waals surface area contributed by atoms with Crippen molar-refractivity contribution in [2.24, 2.45) is 0 Å². The quantitative estimate of drug-likeness (QED) is 0.593. The molecule has 4 nitrogen and oxygen atoms in total. The molecule has 0 aliphatic rings. The average Bonchev–Trinajstić information content (AvgIpc) is 2.49. The molecule has 0 atom stereocenters. The number of hydrogen-bond acceptors (Lipinski definition) is 4. The lowest BCUT2D eigenvalue weighted by Crippen LogP contribution is -2.34. The van der Waals surface area contributed by atoms with Crippen molar-refractivity contribution in [1.82, 2.24) is 0 Å². The monoisotopic (exact) mass is 272 g/mol. The van der Waals surface area contributed by atoms with Crippen molar-refractivity contribution in [2.75, 3.05) is 13.2 Å². The topological polar surface area (TPSA) is 58.9 Å². The summed E-state index contributed by atoms with van der Waals surface area (Å²) in [6, 6.07) is 16.5. The SMILES string of the molecule is OCCCOB(O)c1cccc(Oc2ccccc2)c1. The summed E-state index contributed by atoms with van der Waals surface area (Å²) in [5.74, 6) is 1.37. The van der Waals surface area contributed by atoms with E-state index in [1.807, 2.05) is 36.4 Å². The molecule has 0 saturated carbocycles. The number of benzene rings is 2. The molecule has 20 heavy (non-hydrogen) atoms. The fourth-order valence-electron chi connectivity index (χ4n) is 1.71. The summed E-state index contributed by atoms with van der Waals surface area (Å²) in [5.41, 5.74) is 0.622. The second-order valence-electron chi connectivity index (χ2n) is 4.29. The predicted octanol–water partition coefficient (Wildman–Crippen LogP) is 1.57. The van der Waals surface area contributed by atoms with Crippen LogP contribution in [0.5, 0.6) is 11.5 Å². The van der Waals surface area contributed by atoms with E-state index in [1.54, 1.807) is 18.2 Å². The van der Waals surface area contributed by atoms with Crippen molar-refractivity contribution in [3.8, 4) is 11.5 Å². The van der Waals surface area contributed by atoms with Crippen molar-refractivity contribution in [3.05, 3.63) is 54.6 Å². The van der Waals surface area contributed by atoms with Crippen LogP contribution < -0.4 is 10.2 Å². The van der Waals surface area contributed by atoms with Gasteiger partial charge in [0.2, 0.25) is 0 Å². The van der Waals surface area contributed by atoms with E-state index in [-0.39, 0.29) is 6.61 Å². The lowest BCUT2D eigenvalue weighted by Gasteiger charge is -2.10. The fourth-order valence-corrected chi connectivity index (χ4v) is 1.71. The van der Waals surface area contributed by atoms with Crippen LogP contribution >= 0.6 is 0 Å². The Morgan fingerprint density at radius 3 is 2.45 bits per heavy atom. The normalized spacial score (nSPS) is 10.3. The van der Waals surface area contributed by atoms with Gasteiger partial charge >= 0.3 is 7.12 Å². The number of hydrogen-bond donors (Lipinski definition) is 2. The minimum Gasteiger partial charge on any atom is -0.457 e. The summed E-state index contributed by atoms with van der Waals surface area (Å²) in [6.45, 7) is 0.352. The zero-order valence-corrected chi connectivity index (χ0v) is 11.1. The van der Waals surface area contributed by atoms with Crippen molar-refractivity contribution in [3.63, 3.8) is 0 Å². The maximum absolute atomic E-state index is 9.88. The van der Waals surface area contributed by atoms with Crippen molar-refractivity contribution in [2.45, 2.75) is 6.42 Å². The van der Waals surface area contributed by atoms with E-state index in [9.17, 15) is 5.02 Å². The van der Waals surface area contributed by atoms with Crippen molar-refractivity contribution in [1.29, 1.82) is 0 Å². The van der Waals surface area contributed by atoms with Crippen LogP contribution in [0.15, 0.2) is 54.6 Å². The molecule has 0 unspecified atom stereocenters. The van der Waals surface area contributed by atoms with Crippen LogP contribution in [0.2, 0.25) is 0 Å².